The number of nitrogens with one attached hydrogen (secondary N) is 3. The highest BCUT2D eigenvalue weighted by Crippen LogP contribution is 2.25. The lowest BCUT2D eigenvalue weighted by Crippen LogP contribution is -2.41. The van der Waals surface area contributed by atoms with Gasteiger partial charge in [0.15, 0.2) is 0 Å². The number of ether oxygens (including phenoxy) is 1. The zero-order valence-corrected chi connectivity index (χ0v) is 14.2. The van der Waals surface area contributed by atoms with E-state index in [4.69, 9.17) is 16.3 Å². The van der Waals surface area contributed by atoms with Crippen LogP contribution in [0.5, 0.6) is 5.75 Å². The van der Waals surface area contributed by atoms with Gasteiger partial charge in [-0.25, -0.2) is 4.79 Å². The number of nitrogens with zero attached hydrogens (tertiary/aromatic N) is 1. The summed E-state index contributed by atoms with van der Waals surface area (Å²) in [6, 6.07) is 7.05. The van der Waals surface area contributed by atoms with E-state index in [1.807, 2.05) is 26.0 Å². The summed E-state index contributed by atoms with van der Waals surface area (Å²) in [7, 11) is 1.57. The molecular formula is C16H21ClN4O2. The normalized spacial score (nSPS) is 11.8. The number of aromatic nitrogens is 2. The van der Waals surface area contributed by atoms with E-state index in [-0.39, 0.29) is 12.1 Å². The third-order valence-electron chi connectivity index (χ3n) is 3.37. The molecule has 0 fully saturated rings. The monoisotopic (exact) mass is 336 g/mol. The summed E-state index contributed by atoms with van der Waals surface area (Å²) in [5.74, 6) is 0.651. The molecule has 1 heterocycles. The van der Waals surface area contributed by atoms with E-state index in [2.05, 4.69) is 20.8 Å². The van der Waals surface area contributed by atoms with Crippen molar-refractivity contribution in [1.82, 2.24) is 20.8 Å². The van der Waals surface area contributed by atoms with E-state index in [0.717, 1.165) is 17.0 Å². The predicted octanol–water partition coefficient (Wildman–Crippen LogP) is 2.81. The first-order valence-electron chi connectivity index (χ1n) is 7.36. The number of aryl methyl sites for hydroxylation is 1. The Balaban J connectivity index is 1.85. The van der Waals surface area contributed by atoms with Crippen molar-refractivity contribution < 1.29 is 9.53 Å². The van der Waals surface area contributed by atoms with Gasteiger partial charge < -0.3 is 15.4 Å². The molecule has 0 bridgehead atoms. The second kappa shape index (κ2) is 7.87. The lowest BCUT2D eigenvalue weighted by atomic mass is 10.2. The van der Waals surface area contributed by atoms with Gasteiger partial charge in [0.25, 0.3) is 0 Å². The Morgan fingerprint density at radius 3 is 2.91 bits per heavy atom. The van der Waals surface area contributed by atoms with E-state index in [0.29, 0.717) is 23.7 Å². The van der Waals surface area contributed by atoms with E-state index in [1.54, 1.807) is 19.2 Å². The van der Waals surface area contributed by atoms with Crippen LogP contribution in [-0.4, -0.2) is 29.4 Å². The number of amides is 2. The highest BCUT2D eigenvalue weighted by atomic mass is 35.5. The average molecular weight is 337 g/mol. The summed E-state index contributed by atoms with van der Waals surface area (Å²) >= 11 is 6.14. The van der Waals surface area contributed by atoms with Crippen molar-refractivity contribution >= 4 is 17.6 Å². The van der Waals surface area contributed by atoms with E-state index >= 15 is 0 Å². The molecule has 2 rings (SSSR count). The maximum absolute atomic E-state index is 12.0. The number of rotatable bonds is 6. The van der Waals surface area contributed by atoms with E-state index in [1.165, 1.54) is 0 Å². The Bertz CT molecular complexity index is 672. The van der Waals surface area contributed by atoms with Gasteiger partial charge in [-0.2, -0.15) is 5.10 Å². The molecule has 0 aliphatic rings. The minimum Gasteiger partial charge on any atom is -0.496 e. The molecule has 1 unspecified atom stereocenters. The number of halogens is 1. The summed E-state index contributed by atoms with van der Waals surface area (Å²) in [5, 5.41) is 13.3. The van der Waals surface area contributed by atoms with Crippen LogP contribution in [0.2, 0.25) is 5.02 Å². The molecular weight excluding hydrogens is 316 g/mol. The lowest BCUT2D eigenvalue weighted by molar-refractivity contribution is 0.237. The molecule has 1 aromatic carbocycles. The number of carbonyl (C=O) groups excluding carboxylic acids is 1. The van der Waals surface area contributed by atoms with Crippen LogP contribution < -0.4 is 15.4 Å². The van der Waals surface area contributed by atoms with Crippen molar-refractivity contribution in [3.8, 4) is 5.75 Å². The van der Waals surface area contributed by atoms with Gasteiger partial charge in [-0.15, -0.1) is 0 Å². The molecule has 0 saturated heterocycles. The molecule has 0 aliphatic heterocycles. The third kappa shape index (κ3) is 4.89. The number of hydrogen-bond donors (Lipinski definition) is 3. The fourth-order valence-electron chi connectivity index (χ4n) is 2.29. The van der Waals surface area contributed by atoms with Crippen molar-refractivity contribution in [3.63, 3.8) is 0 Å². The van der Waals surface area contributed by atoms with Crippen molar-refractivity contribution in [2.75, 3.05) is 7.11 Å². The molecule has 23 heavy (non-hydrogen) atoms. The van der Waals surface area contributed by atoms with Gasteiger partial charge in [-0.1, -0.05) is 17.7 Å². The number of methoxy groups -OCH3 is 1. The van der Waals surface area contributed by atoms with Gasteiger partial charge in [-0.05, 0) is 32.0 Å². The van der Waals surface area contributed by atoms with Gasteiger partial charge in [-0.3, -0.25) is 5.10 Å². The van der Waals surface area contributed by atoms with E-state index < -0.39 is 0 Å². The zero-order valence-electron chi connectivity index (χ0n) is 13.4. The summed E-state index contributed by atoms with van der Waals surface area (Å²) in [4.78, 5) is 12.0. The van der Waals surface area contributed by atoms with Gasteiger partial charge >= 0.3 is 6.03 Å². The number of benzene rings is 1. The highest BCUT2D eigenvalue weighted by molar-refractivity contribution is 6.31. The van der Waals surface area contributed by atoms with Crippen LogP contribution in [0.4, 0.5) is 4.79 Å². The van der Waals surface area contributed by atoms with Gasteiger partial charge in [0, 0.05) is 35.3 Å². The molecule has 0 saturated carbocycles. The van der Waals surface area contributed by atoms with Crippen molar-refractivity contribution in [2.24, 2.45) is 0 Å². The summed E-state index contributed by atoms with van der Waals surface area (Å²) in [6.45, 7) is 4.17. The molecule has 124 valence electrons. The molecule has 1 aromatic heterocycles. The fraction of sp³-hybridized carbons (Fsp3) is 0.375. The standard InChI is InChI=1S/C16H21ClN4O2/c1-10(7-12-8-11(2)20-21-12)19-16(22)18-9-13-14(17)5-4-6-15(13)23-3/h4-6,8,10H,7,9H2,1-3H3,(H,20,21)(H2,18,19,22). The molecule has 3 N–H and O–H groups in total. The average Bonchev–Trinajstić information content (AvgIpc) is 2.90. The Hall–Kier alpha value is -2.21. The summed E-state index contributed by atoms with van der Waals surface area (Å²) < 4.78 is 5.25. The number of H-pyrrole nitrogens is 1. The second-order valence-electron chi connectivity index (χ2n) is 5.40. The predicted molar refractivity (Wildman–Crippen MR) is 89.9 cm³/mol. The Labute approximate surface area is 140 Å². The van der Waals surface area contributed by atoms with Crippen LogP contribution in [0.25, 0.3) is 0 Å². The van der Waals surface area contributed by atoms with Crippen molar-refractivity contribution in [1.29, 1.82) is 0 Å². The van der Waals surface area contributed by atoms with E-state index in [9.17, 15) is 4.79 Å². The molecule has 7 heteroatoms. The molecule has 0 radical (unpaired) electrons. The maximum atomic E-state index is 12.0. The highest BCUT2D eigenvalue weighted by Gasteiger charge is 2.12. The third-order valence-corrected chi connectivity index (χ3v) is 3.73. The first-order chi connectivity index (χ1) is 11.0. The molecule has 0 aliphatic carbocycles. The zero-order chi connectivity index (χ0) is 16.8. The lowest BCUT2D eigenvalue weighted by Gasteiger charge is -2.15. The summed E-state index contributed by atoms with van der Waals surface area (Å²) in [5.41, 5.74) is 2.67. The largest absolute Gasteiger partial charge is 0.496 e. The Morgan fingerprint density at radius 1 is 1.48 bits per heavy atom. The topological polar surface area (TPSA) is 79.0 Å². The molecule has 2 amide bonds. The van der Waals surface area contributed by atoms with Gasteiger partial charge in [0.1, 0.15) is 5.75 Å². The SMILES string of the molecule is COc1cccc(Cl)c1CNC(=O)NC(C)Cc1cc(C)[nH]n1. The van der Waals surface area contributed by atoms with Crippen LogP contribution in [0, 0.1) is 6.92 Å². The first-order valence-corrected chi connectivity index (χ1v) is 7.74. The second-order valence-corrected chi connectivity index (χ2v) is 5.80. The number of hydrogen-bond acceptors (Lipinski definition) is 3. The number of urea groups is 1. The Kier molecular flexibility index (Phi) is 5.87. The fourth-order valence-corrected chi connectivity index (χ4v) is 2.52. The number of carbonyl (C=O) groups is 1. The molecule has 0 spiro atoms. The van der Waals surface area contributed by atoms with Crippen LogP contribution in [0.3, 0.4) is 0 Å². The molecule has 6 nitrogen and oxygen atoms in total. The minimum atomic E-state index is -0.258. The van der Waals surface area contributed by atoms with Crippen molar-refractivity contribution in [3.05, 3.63) is 46.2 Å². The van der Waals surface area contributed by atoms with Gasteiger partial charge in [0.05, 0.1) is 12.8 Å². The summed E-state index contributed by atoms with van der Waals surface area (Å²) in [6.07, 6.45) is 0.660. The van der Waals surface area contributed by atoms with Crippen LogP contribution in [0.1, 0.15) is 23.9 Å². The van der Waals surface area contributed by atoms with Crippen molar-refractivity contribution in [2.45, 2.75) is 32.9 Å². The molecule has 1 atom stereocenters. The quantitative estimate of drug-likeness (QED) is 0.759. The van der Waals surface area contributed by atoms with Crippen LogP contribution >= 0.6 is 11.6 Å². The Morgan fingerprint density at radius 2 is 2.26 bits per heavy atom. The molecule has 2 aromatic rings. The number of aromatic amines is 1. The smallest absolute Gasteiger partial charge is 0.315 e. The van der Waals surface area contributed by atoms with Gasteiger partial charge in [0.2, 0.25) is 0 Å². The van der Waals surface area contributed by atoms with Crippen LogP contribution in [0.15, 0.2) is 24.3 Å². The van der Waals surface area contributed by atoms with Crippen LogP contribution in [-0.2, 0) is 13.0 Å². The minimum absolute atomic E-state index is 0.0363. The first kappa shape index (κ1) is 17.1. The maximum Gasteiger partial charge on any atom is 0.315 e.